The van der Waals surface area contributed by atoms with Crippen LogP contribution in [0, 0.1) is 5.92 Å². The average molecular weight is 325 g/mol. The van der Waals surface area contributed by atoms with Crippen LogP contribution >= 0.6 is 0 Å². The Bertz CT molecular complexity index is 585. The van der Waals surface area contributed by atoms with Gasteiger partial charge >= 0.3 is 0 Å². The first-order valence-corrected chi connectivity index (χ1v) is 9.29. The van der Waals surface area contributed by atoms with Crippen molar-refractivity contribution in [1.29, 1.82) is 0 Å². The summed E-state index contributed by atoms with van der Waals surface area (Å²) in [6, 6.07) is 7.30. The van der Waals surface area contributed by atoms with Gasteiger partial charge < -0.3 is 4.74 Å². The van der Waals surface area contributed by atoms with E-state index in [0.29, 0.717) is 30.5 Å². The highest BCUT2D eigenvalue weighted by Gasteiger charge is 2.30. The van der Waals surface area contributed by atoms with Gasteiger partial charge in [-0.05, 0) is 41.9 Å². The van der Waals surface area contributed by atoms with Gasteiger partial charge in [-0.3, -0.25) is 0 Å². The van der Waals surface area contributed by atoms with Crippen LogP contribution in [0.4, 0.5) is 0 Å². The first kappa shape index (κ1) is 17.4. The predicted molar refractivity (Wildman–Crippen MR) is 88.5 cm³/mol. The largest absolute Gasteiger partial charge is 0.384 e. The summed E-state index contributed by atoms with van der Waals surface area (Å²) in [5.74, 6) is 0.294. The van der Waals surface area contributed by atoms with E-state index in [1.54, 1.807) is 23.5 Å². The van der Waals surface area contributed by atoms with Crippen LogP contribution in [0.3, 0.4) is 0 Å². The third kappa shape index (κ3) is 3.89. The van der Waals surface area contributed by atoms with Crippen LogP contribution in [0.2, 0.25) is 0 Å². The Morgan fingerprint density at radius 2 is 1.86 bits per heavy atom. The molecule has 0 saturated carbocycles. The Kier molecular flexibility index (Phi) is 5.30. The number of hydrogen-bond donors (Lipinski definition) is 0. The van der Waals surface area contributed by atoms with E-state index >= 15 is 0 Å². The van der Waals surface area contributed by atoms with Gasteiger partial charge in [0.25, 0.3) is 0 Å². The molecular weight excluding hydrogens is 298 g/mol. The number of piperidine rings is 1. The summed E-state index contributed by atoms with van der Waals surface area (Å²) in [5, 5.41) is 0. The fraction of sp³-hybridized carbons (Fsp3) is 0.647. The molecule has 0 aliphatic carbocycles. The summed E-state index contributed by atoms with van der Waals surface area (Å²) in [4.78, 5) is 0.388. The Balaban J connectivity index is 2.19. The Morgan fingerprint density at radius 1 is 1.23 bits per heavy atom. The van der Waals surface area contributed by atoms with Crippen molar-refractivity contribution < 1.29 is 13.2 Å². The molecule has 1 aromatic carbocycles. The molecule has 1 atom stereocenters. The van der Waals surface area contributed by atoms with Gasteiger partial charge in [-0.1, -0.05) is 32.9 Å². The molecule has 0 radical (unpaired) electrons. The lowest BCUT2D eigenvalue weighted by Crippen LogP contribution is -2.41. The Hall–Kier alpha value is -0.910. The van der Waals surface area contributed by atoms with Crippen molar-refractivity contribution in [3.8, 4) is 0 Å². The minimum absolute atomic E-state index is 0.0248. The lowest BCUT2D eigenvalue weighted by molar-refractivity contribution is 0.118. The highest BCUT2D eigenvalue weighted by atomic mass is 32.2. The van der Waals surface area contributed by atoms with E-state index in [9.17, 15) is 8.42 Å². The molecule has 22 heavy (non-hydrogen) atoms. The van der Waals surface area contributed by atoms with Gasteiger partial charge in [-0.15, -0.1) is 0 Å². The molecule has 1 saturated heterocycles. The van der Waals surface area contributed by atoms with Crippen molar-refractivity contribution in [1.82, 2.24) is 4.31 Å². The second kappa shape index (κ2) is 6.69. The molecule has 0 N–H and O–H groups in total. The SMILES string of the molecule is COCC1CCCN(S(=O)(=O)c2ccc(C(C)(C)C)cc2)C1. The van der Waals surface area contributed by atoms with Crippen LogP contribution in [-0.4, -0.2) is 39.5 Å². The van der Waals surface area contributed by atoms with Gasteiger partial charge in [0.1, 0.15) is 0 Å². The fourth-order valence-corrected chi connectivity index (χ4v) is 4.45. The molecular formula is C17H27NO3S. The zero-order valence-corrected chi connectivity index (χ0v) is 14.8. The van der Waals surface area contributed by atoms with Crippen molar-refractivity contribution in [2.45, 2.75) is 43.9 Å². The summed E-state index contributed by atoms with van der Waals surface area (Å²) in [6.45, 7) is 8.14. The van der Waals surface area contributed by atoms with E-state index in [-0.39, 0.29) is 5.41 Å². The lowest BCUT2D eigenvalue weighted by atomic mass is 9.87. The summed E-state index contributed by atoms with van der Waals surface area (Å²) < 4.78 is 32.3. The number of hydrogen-bond acceptors (Lipinski definition) is 3. The van der Waals surface area contributed by atoms with E-state index in [4.69, 9.17) is 4.74 Å². The quantitative estimate of drug-likeness (QED) is 0.855. The van der Waals surface area contributed by atoms with Crippen molar-refractivity contribution in [3.05, 3.63) is 29.8 Å². The molecule has 1 aliphatic heterocycles. The number of sulfonamides is 1. The molecule has 1 unspecified atom stereocenters. The summed E-state index contributed by atoms with van der Waals surface area (Å²) in [6.07, 6.45) is 1.93. The second-order valence-electron chi connectivity index (χ2n) is 7.10. The highest BCUT2D eigenvalue weighted by molar-refractivity contribution is 7.89. The van der Waals surface area contributed by atoms with Crippen molar-refractivity contribution >= 4 is 10.0 Å². The standard InChI is InChI=1S/C17H27NO3S/c1-17(2,3)15-7-9-16(10-8-15)22(19,20)18-11-5-6-14(12-18)13-21-4/h7-10,14H,5-6,11-13H2,1-4H3. The van der Waals surface area contributed by atoms with E-state index in [0.717, 1.165) is 18.4 Å². The smallest absolute Gasteiger partial charge is 0.243 e. The van der Waals surface area contributed by atoms with Crippen LogP contribution < -0.4 is 0 Å². The third-order valence-electron chi connectivity index (χ3n) is 4.24. The molecule has 0 spiro atoms. The van der Waals surface area contributed by atoms with Gasteiger partial charge in [-0.2, -0.15) is 4.31 Å². The Labute approximate surface area is 134 Å². The number of benzene rings is 1. The normalized spacial score (nSPS) is 21.0. The Morgan fingerprint density at radius 3 is 2.41 bits per heavy atom. The minimum atomic E-state index is -3.40. The number of methoxy groups -OCH3 is 1. The molecule has 1 heterocycles. The minimum Gasteiger partial charge on any atom is -0.384 e. The molecule has 124 valence electrons. The first-order valence-electron chi connectivity index (χ1n) is 7.85. The monoisotopic (exact) mass is 325 g/mol. The first-order chi connectivity index (χ1) is 10.2. The van der Waals surface area contributed by atoms with E-state index in [1.165, 1.54) is 0 Å². The third-order valence-corrected chi connectivity index (χ3v) is 6.12. The number of nitrogens with zero attached hydrogens (tertiary/aromatic N) is 1. The summed E-state index contributed by atoms with van der Waals surface area (Å²) in [7, 11) is -1.73. The molecule has 2 rings (SSSR count). The van der Waals surface area contributed by atoms with Crippen molar-refractivity contribution in [2.24, 2.45) is 5.92 Å². The van der Waals surface area contributed by atoms with E-state index in [1.807, 2.05) is 12.1 Å². The summed E-state index contributed by atoms with van der Waals surface area (Å²) >= 11 is 0. The van der Waals surface area contributed by atoms with Crippen LogP contribution in [0.5, 0.6) is 0 Å². The van der Waals surface area contributed by atoms with Crippen LogP contribution in [-0.2, 0) is 20.2 Å². The maximum absolute atomic E-state index is 12.8. The van der Waals surface area contributed by atoms with E-state index in [2.05, 4.69) is 20.8 Å². The van der Waals surface area contributed by atoms with Crippen LogP contribution in [0.15, 0.2) is 29.2 Å². The molecule has 0 aromatic heterocycles. The van der Waals surface area contributed by atoms with Crippen molar-refractivity contribution in [3.63, 3.8) is 0 Å². The fourth-order valence-electron chi connectivity index (χ4n) is 2.89. The van der Waals surface area contributed by atoms with Gasteiger partial charge in [0, 0.05) is 20.2 Å². The summed E-state index contributed by atoms with van der Waals surface area (Å²) in [5.41, 5.74) is 1.17. The lowest BCUT2D eigenvalue weighted by Gasteiger charge is -2.31. The van der Waals surface area contributed by atoms with Gasteiger partial charge in [0.05, 0.1) is 11.5 Å². The van der Waals surface area contributed by atoms with Gasteiger partial charge in [-0.25, -0.2) is 8.42 Å². The maximum atomic E-state index is 12.8. The molecule has 0 amide bonds. The van der Waals surface area contributed by atoms with E-state index < -0.39 is 10.0 Å². The van der Waals surface area contributed by atoms with Gasteiger partial charge in [0.2, 0.25) is 10.0 Å². The van der Waals surface area contributed by atoms with Crippen molar-refractivity contribution in [2.75, 3.05) is 26.8 Å². The molecule has 1 aromatic rings. The molecule has 1 aliphatic rings. The molecule has 5 heteroatoms. The number of ether oxygens (including phenoxy) is 1. The number of rotatable bonds is 4. The molecule has 1 fully saturated rings. The zero-order chi connectivity index (χ0) is 16.4. The second-order valence-corrected chi connectivity index (χ2v) is 9.04. The highest BCUT2D eigenvalue weighted by Crippen LogP contribution is 2.27. The topological polar surface area (TPSA) is 46.6 Å². The van der Waals surface area contributed by atoms with Crippen LogP contribution in [0.25, 0.3) is 0 Å². The molecule has 4 nitrogen and oxygen atoms in total. The molecule has 0 bridgehead atoms. The van der Waals surface area contributed by atoms with Gasteiger partial charge in [0.15, 0.2) is 0 Å². The van der Waals surface area contributed by atoms with Crippen LogP contribution in [0.1, 0.15) is 39.2 Å². The maximum Gasteiger partial charge on any atom is 0.243 e. The average Bonchev–Trinajstić information content (AvgIpc) is 2.47. The zero-order valence-electron chi connectivity index (χ0n) is 14.0. The predicted octanol–water partition coefficient (Wildman–Crippen LogP) is 3.03.